The summed E-state index contributed by atoms with van der Waals surface area (Å²) in [6, 6.07) is 0. The van der Waals surface area contributed by atoms with E-state index in [1.165, 1.54) is 48.6 Å². The number of fused-ring (bicyclic) bond motifs is 2. The van der Waals surface area contributed by atoms with Crippen LogP contribution in [0.3, 0.4) is 0 Å². The number of carboxylic acids is 2. The molecule has 0 bridgehead atoms. The normalized spacial score (nSPS) is 27.5. The Hall–Kier alpha value is -2.80. The first kappa shape index (κ1) is 26.8. The van der Waals surface area contributed by atoms with Crippen LogP contribution in [0.2, 0.25) is 0 Å². The van der Waals surface area contributed by atoms with Crippen LogP contribution in [-0.4, -0.2) is 99.3 Å². The minimum Gasteiger partial charge on any atom is -0.476 e. The van der Waals surface area contributed by atoms with Crippen molar-refractivity contribution in [1.82, 2.24) is 0 Å². The molecule has 1 radical (unpaired) electrons. The van der Waals surface area contributed by atoms with E-state index in [4.69, 9.17) is 18.9 Å². The van der Waals surface area contributed by atoms with Crippen molar-refractivity contribution in [2.75, 3.05) is 13.2 Å². The molecule has 0 aromatic heterocycles. The van der Waals surface area contributed by atoms with Crippen molar-refractivity contribution in [1.29, 1.82) is 0 Å². The Balaban J connectivity index is 0.00000342. The molecule has 0 saturated carbocycles. The van der Waals surface area contributed by atoms with E-state index < -0.39 is 42.8 Å². The standard InChI is InChI=1S/C23H20O11.Na/c24-13(11-31-22(20(27)28)9-7-14-16(25)3-1-5-18(14)33-22)12-32-23(21(29)30)10-8-15-17(26)4-2-6-19(15)34-23;/h1-8,13,24H,9-12H2,(H,27,28)(H,29,30);. The average Bonchev–Trinajstić information content (AvgIpc) is 2.81. The van der Waals surface area contributed by atoms with Gasteiger partial charge in [-0.3, -0.25) is 9.59 Å². The third-order valence-electron chi connectivity index (χ3n) is 5.42. The summed E-state index contributed by atoms with van der Waals surface area (Å²) >= 11 is 0. The first-order valence-corrected chi connectivity index (χ1v) is 10.2. The number of aliphatic hydroxyl groups is 1. The molecule has 11 nitrogen and oxygen atoms in total. The fourth-order valence-corrected chi connectivity index (χ4v) is 3.61. The SMILES string of the molecule is O=C1C=CC=C2OC(OCC(O)COC3(C(=O)O)CC=C4C(=O)C=CC=C4O3)(C(=O)O)CC=C12.[Na]. The number of hydrogen-bond acceptors (Lipinski definition) is 9. The van der Waals surface area contributed by atoms with Crippen molar-refractivity contribution < 1.29 is 53.4 Å². The molecule has 35 heavy (non-hydrogen) atoms. The summed E-state index contributed by atoms with van der Waals surface area (Å²) < 4.78 is 21.7. The number of carbonyl (C=O) groups is 4. The molecule has 0 fully saturated rings. The predicted molar refractivity (Wildman–Crippen MR) is 116 cm³/mol. The van der Waals surface area contributed by atoms with E-state index in [2.05, 4.69) is 0 Å². The van der Waals surface area contributed by atoms with Gasteiger partial charge in [0, 0.05) is 42.4 Å². The maximum atomic E-state index is 11.9. The molecular formula is C23H20NaO11. The second-order valence-corrected chi connectivity index (χ2v) is 7.75. The van der Waals surface area contributed by atoms with E-state index >= 15 is 0 Å². The van der Waals surface area contributed by atoms with Gasteiger partial charge in [0.05, 0.1) is 24.4 Å². The van der Waals surface area contributed by atoms with Gasteiger partial charge in [-0.1, -0.05) is 24.3 Å². The Bertz CT molecular complexity index is 1050. The van der Waals surface area contributed by atoms with Crippen LogP contribution in [0, 0.1) is 0 Å². The minimum atomic E-state index is -2.19. The summed E-state index contributed by atoms with van der Waals surface area (Å²) in [4.78, 5) is 47.6. The summed E-state index contributed by atoms with van der Waals surface area (Å²) in [7, 11) is 0. The van der Waals surface area contributed by atoms with Crippen LogP contribution in [-0.2, 0) is 38.1 Å². The van der Waals surface area contributed by atoms with E-state index in [9.17, 15) is 34.5 Å². The third-order valence-corrected chi connectivity index (χ3v) is 5.42. The van der Waals surface area contributed by atoms with Crippen LogP contribution in [0.5, 0.6) is 0 Å². The fraction of sp³-hybridized carbons (Fsp3) is 0.304. The molecule has 0 aromatic carbocycles. The number of rotatable bonds is 8. The summed E-state index contributed by atoms with van der Waals surface area (Å²) in [5.74, 6) is -7.95. The second-order valence-electron chi connectivity index (χ2n) is 7.75. The van der Waals surface area contributed by atoms with Crippen molar-refractivity contribution in [3.63, 3.8) is 0 Å². The number of carboxylic acid groups (broad SMARTS) is 2. The van der Waals surface area contributed by atoms with Crippen molar-refractivity contribution in [3.05, 3.63) is 71.3 Å². The predicted octanol–water partition coefficient (Wildman–Crippen LogP) is 0.300. The van der Waals surface area contributed by atoms with Gasteiger partial charge in [-0.05, 0) is 24.3 Å². The van der Waals surface area contributed by atoms with Crippen molar-refractivity contribution in [2.24, 2.45) is 0 Å². The second kappa shape index (κ2) is 10.4. The van der Waals surface area contributed by atoms with Crippen molar-refractivity contribution >= 4 is 53.1 Å². The van der Waals surface area contributed by atoms with Crippen LogP contribution in [0.25, 0.3) is 0 Å². The molecule has 2 unspecified atom stereocenters. The van der Waals surface area contributed by atoms with Crippen LogP contribution in [0.4, 0.5) is 0 Å². The zero-order chi connectivity index (χ0) is 24.5. The number of aliphatic carboxylic acids is 2. The number of carbonyl (C=O) groups excluding carboxylic acids is 2. The Morgan fingerprint density at radius 2 is 1.26 bits per heavy atom. The van der Waals surface area contributed by atoms with E-state index in [1.54, 1.807) is 0 Å². The van der Waals surface area contributed by atoms with E-state index in [-0.39, 0.29) is 76.6 Å². The van der Waals surface area contributed by atoms with Crippen molar-refractivity contribution in [2.45, 2.75) is 30.5 Å². The number of ketones is 2. The van der Waals surface area contributed by atoms with Gasteiger partial charge in [-0.2, -0.15) is 0 Å². The van der Waals surface area contributed by atoms with Gasteiger partial charge in [-0.15, -0.1) is 0 Å². The topological polar surface area (TPSA) is 166 Å². The van der Waals surface area contributed by atoms with Gasteiger partial charge < -0.3 is 34.3 Å². The summed E-state index contributed by atoms with van der Waals surface area (Å²) in [5.41, 5.74) is 0.421. The Labute approximate surface area is 221 Å². The monoisotopic (exact) mass is 495 g/mol. The smallest absolute Gasteiger partial charge is 0.377 e. The number of ether oxygens (including phenoxy) is 4. The number of hydrogen-bond donors (Lipinski definition) is 3. The molecule has 2 heterocycles. The van der Waals surface area contributed by atoms with E-state index in [0.29, 0.717) is 0 Å². The molecule has 0 aromatic rings. The molecule has 4 rings (SSSR count). The molecule has 0 amide bonds. The van der Waals surface area contributed by atoms with Crippen LogP contribution in [0.15, 0.2) is 71.3 Å². The molecule has 0 saturated heterocycles. The molecule has 3 N–H and O–H groups in total. The Morgan fingerprint density at radius 1 is 0.857 bits per heavy atom. The Morgan fingerprint density at radius 3 is 1.63 bits per heavy atom. The molecular weight excluding hydrogens is 475 g/mol. The van der Waals surface area contributed by atoms with Gasteiger partial charge in [0.25, 0.3) is 0 Å². The molecule has 4 aliphatic rings. The van der Waals surface area contributed by atoms with Gasteiger partial charge in [0.15, 0.2) is 11.6 Å². The largest absolute Gasteiger partial charge is 0.476 e. The molecule has 0 spiro atoms. The fourth-order valence-electron chi connectivity index (χ4n) is 3.61. The van der Waals surface area contributed by atoms with Gasteiger partial charge in [0.1, 0.15) is 17.6 Å². The summed E-state index contributed by atoms with van der Waals surface area (Å²) in [5, 5.41) is 29.7. The van der Waals surface area contributed by atoms with Crippen LogP contribution < -0.4 is 0 Å². The van der Waals surface area contributed by atoms with Crippen LogP contribution in [0.1, 0.15) is 12.8 Å². The molecule has 179 valence electrons. The van der Waals surface area contributed by atoms with Crippen molar-refractivity contribution in [3.8, 4) is 0 Å². The van der Waals surface area contributed by atoms with Crippen LogP contribution >= 0.6 is 0 Å². The first-order chi connectivity index (χ1) is 16.2. The molecule has 2 atom stereocenters. The average molecular weight is 495 g/mol. The quantitative estimate of drug-likeness (QED) is 0.397. The third kappa shape index (κ3) is 5.25. The van der Waals surface area contributed by atoms with Gasteiger partial charge in [-0.25, -0.2) is 9.59 Å². The summed E-state index contributed by atoms with van der Waals surface area (Å²) in [6.07, 6.45) is 9.00. The summed E-state index contributed by atoms with van der Waals surface area (Å²) in [6.45, 7) is -1.18. The first-order valence-electron chi connectivity index (χ1n) is 10.2. The van der Waals surface area contributed by atoms with Gasteiger partial charge in [0.2, 0.25) is 0 Å². The maximum Gasteiger partial charge on any atom is 0.377 e. The zero-order valence-corrected chi connectivity index (χ0v) is 20.6. The van der Waals surface area contributed by atoms with Gasteiger partial charge >= 0.3 is 23.5 Å². The van der Waals surface area contributed by atoms with E-state index in [0.717, 1.165) is 0 Å². The van der Waals surface area contributed by atoms with E-state index in [1.807, 2.05) is 0 Å². The minimum absolute atomic E-state index is 0. The number of allylic oxidation sites excluding steroid dienone is 8. The zero-order valence-electron chi connectivity index (χ0n) is 18.6. The Kier molecular flexibility index (Phi) is 8.00. The maximum absolute atomic E-state index is 11.9. The number of aliphatic hydroxyl groups excluding tert-OH is 1. The molecule has 2 aliphatic heterocycles. The molecule has 2 aliphatic carbocycles. The molecule has 12 heteroatoms.